The van der Waals surface area contributed by atoms with E-state index >= 15 is 0 Å². The number of methoxy groups -OCH3 is 3. The second-order valence-corrected chi connectivity index (χ2v) is 5.05. The van der Waals surface area contributed by atoms with Gasteiger partial charge in [-0.05, 0) is 43.9 Å². The summed E-state index contributed by atoms with van der Waals surface area (Å²) in [5.74, 6) is 2.12. The van der Waals surface area contributed by atoms with E-state index in [-0.39, 0.29) is 11.2 Å². The highest BCUT2D eigenvalue weighted by Gasteiger charge is 2.47. The molecule has 0 heterocycles. The van der Waals surface area contributed by atoms with Crippen molar-refractivity contribution in [2.24, 2.45) is 5.41 Å². The monoisotopic (exact) mass is 264 g/mol. The maximum Gasteiger partial charge on any atom is 0.203 e. The van der Waals surface area contributed by atoms with Crippen molar-refractivity contribution in [1.29, 1.82) is 0 Å². The minimum Gasteiger partial charge on any atom is -0.493 e. The Balaban J connectivity index is 2.34. The molecule has 0 N–H and O–H groups in total. The number of hydrogen-bond donors (Lipinski definition) is 0. The zero-order chi connectivity index (χ0) is 14.0. The summed E-state index contributed by atoms with van der Waals surface area (Å²) in [6.45, 7) is 1.67. The molecule has 1 fully saturated rings. The summed E-state index contributed by atoms with van der Waals surface area (Å²) in [5, 5.41) is 0. The molecule has 4 nitrogen and oxygen atoms in total. The lowest BCUT2D eigenvalue weighted by molar-refractivity contribution is -0.121. The van der Waals surface area contributed by atoms with Crippen molar-refractivity contribution in [2.45, 2.75) is 26.2 Å². The number of hydrogen-bond acceptors (Lipinski definition) is 4. The van der Waals surface area contributed by atoms with E-state index < -0.39 is 0 Å². The molecule has 0 spiro atoms. The third-order valence-electron chi connectivity index (χ3n) is 3.87. The number of carbonyl (C=O) groups excluding carboxylic acids is 1. The van der Waals surface area contributed by atoms with Gasteiger partial charge in [0, 0.05) is 5.41 Å². The highest BCUT2D eigenvalue weighted by Crippen LogP contribution is 2.50. The molecule has 4 heteroatoms. The minimum absolute atomic E-state index is 0.162. The number of benzene rings is 1. The summed E-state index contributed by atoms with van der Waals surface area (Å²) >= 11 is 0. The van der Waals surface area contributed by atoms with Gasteiger partial charge in [0.2, 0.25) is 5.75 Å². The van der Waals surface area contributed by atoms with Gasteiger partial charge in [0.25, 0.3) is 0 Å². The summed E-state index contributed by atoms with van der Waals surface area (Å²) in [7, 11) is 4.77. The van der Waals surface area contributed by atoms with E-state index in [9.17, 15) is 4.79 Å². The van der Waals surface area contributed by atoms with Crippen LogP contribution in [0.1, 0.15) is 25.3 Å². The largest absolute Gasteiger partial charge is 0.493 e. The Morgan fingerprint density at radius 2 is 1.63 bits per heavy atom. The fourth-order valence-corrected chi connectivity index (χ4v) is 2.43. The average molecular weight is 264 g/mol. The van der Waals surface area contributed by atoms with Crippen LogP contribution in [0.15, 0.2) is 12.1 Å². The molecule has 1 aliphatic rings. The Bertz CT molecular complexity index is 464. The highest BCUT2D eigenvalue weighted by molar-refractivity contribution is 5.85. The van der Waals surface area contributed by atoms with Crippen molar-refractivity contribution in [2.75, 3.05) is 21.3 Å². The Morgan fingerprint density at radius 1 is 1.11 bits per heavy atom. The Labute approximate surface area is 113 Å². The molecule has 0 unspecified atom stereocenters. The summed E-state index contributed by atoms with van der Waals surface area (Å²) in [5.41, 5.74) is 0.882. The van der Waals surface area contributed by atoms with Gasteiger partial charge < -0.3 is 14.2 Å². The molecule has 2 rings (SSSR count). The minimum atomic E-state index is -0.162. The van der Waals surface area contributed by atoms with Crippen LogP contribution in [0.2, 0.25) is 0 Å². The number of Topliss-reactive ketones (excluding diaryl/α,β-unsaturated/α-hetero) is 1. The molecule has 0 bridgehead atoms. The van der Waals surface area contributed by atoms with Gasteiger partial charge in [-0.1, -0.05) is 0 Å². The van der Waals surface area contributed by atoms with E-state index in [1.807, 2.05) is 12.1 Å². The van der Waals surface area contributed by atoms with Crippen LogP contribution in [-0.2, 0) is 11.2 Å². The Hall–Kier alpha value is -1.71. The first-order valence-corrected chi connectivity index (χ1v) is 6.36. The van der Waals surface area contributed by atoms with Crippen molar-refractivity contribution in [3.05, 3.63) is 17.7 Å². The van der Waals surface area contributed by atoms with E-state index in [1.165, 1.54) is 0 Å². The molecule has 0 aromatic heterocycles. The van der Waals surface area contributed by atoms with Gasteiger partial charge in [0.05, 0.1) is 21.3 Å². The molecular weight excluding hydrogens is 244 g/mol. The van der Waals surface area contributed by atoms with Crippen molar-refractivity contribution < 1.29 is 19.0 Å². The predicted molar refractivity (Wildman–Crippen MR) is 72.2 cm³/mol. The van der Waals surface area contributed by atoms with E-state index in [4.69, 9.17) is 14.2 Å². The SMILES string of the molecule is COc1cc(CC2(C(C)=O)CC2)cc(OC)c1OC. The van der Waals surface area contributed by atoms with E-state index in [2.05, 4.69) is 0 Å². The molecule has 1 saturated carbocycles. The number of ether oxygens (including phenoxy) is 3. The van der Waals surface area contributed by atoms with Crippen LogP contribution in [0.4, 0.5) is 0 Å². The van der Waals surface area contributed by atoms with Gasteiger partial charge in [0.15, 0.2) is 11.5 Å². The molecule has 0 aliphatic heterocycles. The second-order valence-electron chi connectivity index (χ2n) is 5.05. The topological polar surface area (TPSA) is 44.8 Å². The van der Waals surface area contributed by atoms with Crippen molar-refractivity contribution >= 4 is 5.78 Å². The van der Waals surface area contributed by atoms with E-state index in [0.29, 0.717) is 17.2 Å². The third-order valence-corrected chi connectivity index (χ3v) is 3.87. The lowest BCUT2D eigenvalue weighted by Crippen LogP contribution is -2.15. The van der Waals surface area contributed by atoms with Gasteiger partial charge in [-0.3, -0.25) is 4.79 Å². The second kappa shape index (κ2) is 5.11. The average Bonchev–Trinajstić information content (AvgIpc) is 3.18. The standard InChI is InChI=1S/C15H20O4/c1-10(16)15(5-6-15)9-11-7-12(17-2)14(19-4)13(8-11)18-3/h7-8H,5-6,9H2,1-4H3. The zero-order valence-corrected chi connectivity index (χ0v) is 11.9. The molecule has 0 saturated heterocycles. The van der Waals surface area contributed by atoms with Crippen LogP contribution < -0.4 is 14.2 Å². The first kappa shape index (κ1) is 13.7. The maximum absolute atomic E-state index is 11.7. The van der Waals surface area contributed by atoms with E-state index in [1.54, 1.807) is 28.3 Å². The molecule has 1 aromatic carbocycles. The molecule has 104 valence electrons. The molecular formula is C15H20O4. The summed E-state index contributed by atoms with van der Waals surface area (Å²) in [4.78, 5) is 11.7. The van der Waals surface area contributed by atoms with Gasteiger partial charge in [-0.2, -0.15) is 0 Å². The third kappa shape index (κ3) is 2.53. The zero-order valence-electron chi connectivity index (χ0n) is 11.9. The summed E-state index contributed by atoms with van der Waals surface area (Å²) in [6, 6.07) is 3.84. The molecule has 0 atom stereocenters. The smallest absolute Gasteiger partial charge is 0.203 e. The first-order valence-electron chi connectivity index (χ1n) is 6.36. The molecule has 0 radical (unpaired) electrons. The van der Waals surface area contributed by atoms with Crippen LogP contribution in [0.5, 0.6) is 17.2 Å². The number of ketones is 1. The molecule has 1 aliphatic carbocycles. The number of carbonyl (C=O) groups is 1. The Kier molecular flexibility index (Phi) is 3.69. The quantitative estimate of drug-likeness (QED) is 0.792. The fourth-order valence-electron chi connectivity index (χ4n) is 2.43. The first-order chi connectivity index (χ1) is 9.06. The van der Waals surface area contributed by atoms with Gasteiger partial charge >= 0.3 is 0 Å². The summed E-state index contributed by atoms with van der Waals surface area (Å²) in [6.07, 6.45) is 2.68. The fraction of sp³-hybridized carbons (Fsp3) is 0.533. The Morgan fingerprint density at radius 3 is 1.95 bits per heavy atom. The van der Waals surface area contributed by atoms with Gasteiger partial charge in [-0.25, -0.2) is 0 Å². The highest BCUT2D eigenvalue weighted by atomic mass is 16.5. The van der Waals surface area contributed by atoms with Crippen molar-refractivity contribution in [1.82, 2.24) is 0 Å². The van der Waals surface area contributed by atoms with Crippen LogP contribution in [0.25, 0.3) is 0 Å². The van der Waals surface area contributed by atoms with Gasteiger partial charge in [-0.15, -0.1) is 0 Å². The van der Waals surface area contributed by atoms with Crippen LogP contribution >= 0.6 is 0 Å². The van der Waals surface area contributed by atoms with E-state index in [0.717, 1.165) is 24.8 Å². The van der Waals surface area contributed by atoms with Crippen molar-refractivity contribution in [3.8, 4) is 17.2 Å². The lowest BCUT2D eigenvalue weighted by Gasteiger charge is -2.16. The van der Waals surface area contributed by atoms with Crippen LogP contribution in [0.3, 0.4) is 0 Å². The maximum atomic E-state index is 11.7. The predicted octanol–water partition coefficient (Wildman–Crippen LogP) is 2.62. The van der Waals surface area contributed by atoms with Crippen LogP contribution in [-0.4, -0.2) is 27.1 Å². The molecule has 0 amide bonds. The molecule has 1 aromatic rings. The van der Waals surface area contributed by atoms with Crippen molar-refractivity contribution in [3.63, 3.8) is 0 Å². The lowest BCUT2D eigenvalue weighted by atomic mass is 9.92. The summed E-state index contributed by atoms with van der Waals surface area (Å²) < 4.78 is 15.9. The normalized spacial score (nSPS) is 15.8. The van der Waals surface area contributed by atoms with Crippen LogP contribution in [0, 0.1) is 5.41 Å². The molecule has 19 heavy (non-hydrogen) atoms. The van der Waals surface area contributed by atoms with Gasteiger partial charge in [0.1, 0.15) is 5.78 Å². The number of rotatable bonds is 6.